The van der Waals surface area contributed by atoms with Crippen LogP contribution in [0.1, 0.15) is 55.0 Å². The van der Waals surface area contributed by atoms with Gasteiger partial charge in [0.1, 0.15) is 12.1 Å². The van der Waals surface area contributed by atoms with Gasteiger partial charge in [-0.1, -0.05) is 46.3 Å². The van der Waals surface area contributed by atoms with E-state index < -0.39 is 17.5 Å². The van der Waals surface area contributed by atoms with Crippen LogP contribution in [-0.4, -0.2) is 29.3 Å². The lowest BCUT2D eigenvalue weighted by atomic mass is 9.89. The molecule has 2 atom stereocenters. The van der Waals surface area contributed by atoms with Crippen LogP contribution in [0, 0.1) is 0 Å². The summed E-state index contributed by atoms with van der Waals surface area (Å²) in [4.78, 5) is 39.2. The van der Waals surface area contributed by atoms with E-state index in [4.69, 9.17) is 0 Å². The van der Waals surface area contributed by atoms with Crippen LogP contribution >= 0.6 is 15.9 Å². The van der Waals surface area contributed by atoms with E-state index in [9.17, 15) is 14.4 Å². The van der Waals surface area contributed by atoms with Gasteiger partial charge in [-0.2, -0.15) is 0 Å². The molecule has 2 aromatic rings. The molecule has 2 aromatic carbocycles. The van der Waals surface area contributed by atoms with Gasteiger partial charge >= 0.3 is 6.03 Å². The second kappa shape index (κ2) is 8.46. The SMILES string of the molecule is C[C@H](NC(=O)CN1C(=O)N[C@](C)(c2cccc(Br)c2)C1=O)c1ccc2c(c1)CCCC2. The highest BCUT2D eigenvalue weighted by Gasteiger charge is 2.49. The molecule has 4 amide bonds. The molecule has 0 radical (unpaired) electrons. The Bertz CT molecular complexity index is 1050. The number of carbonyl (C=O) groups is 3. The lowest BCUT2D eigenvalue weighted by molar-refractivity contribution is -0.135. The predicted octanol–water partition coefficient (Wildman–Crippen LogP) is 3.97. The number of imide groups is 1. The zero-order valence-corrected chi connectivity index (χ0v) is 19.3. The molecule has 0 saturated carbocycles. The van der Waals surface area contributed by atoms with Gasteiger partial charge in [-0.25, -0.2) is 4.79 Å². The van der Waals surface area contributed by atoms with E-state index in [0.29, 0.717) is 5.56 Å². The van der Waals surface area contributed by atoms with Gasteiger partial charge in [0.25, 0.3) is 5.91 Å². The summed E-state index contributed by atoms with van der Waals surface area (Å²) in [5, 5.41) is 5.66. The topological polar surface area (TPSA) is 78.5 Å². The summed E-state index contributed by atoms with van der Waals surface area (Å²) in [5.74, 6) is -0.806. The Labute approximate surface area is 190 Å². The number of hydrogen-bond acceptors (Lipinski definition) is 3. The fourth-order valence-corrected chi connectivity index (χ4v) is 4.77. The zero-order chi connectivity index (χ0) is 22.2. The number of amides is 4. The molecule has 0 spiro atoms. The number of fused-ring (bicyclic) bond motifs is 1. The summed E-state index contributed by atoms with van der Waals surface area (Å²) < 4.78 is 0.809. The molecule has 1 fully saturated rings. The van der Waals surface area contributed by atoms with Crippen molar-refractivity contribution in [2.75, 3.05) is 6.54 Å². The van der Waals surface area contributed by atoms with Crippen LogP contribution in [0.5, 0.6) is 0 Å². The second-order valence-corrected chi connectivity index (χ2v) is 9.40. The monoisotopic (exact) mass is 483 g/mol. The average Bonchev–Trinajstić information content (AvgIpc) is 2.97. The summed E-state index contributed by atoms with van der Waals surface area (Å²) in [6.07, 6.45) is 4.60. The Morgan fingerprint density at radius 2 is 1.90 bits per heavy atom. The summed E-state index contributed by atoms with van der Waals surface area (Å²) in [6.45, 7) is 3.26. The van der Waals surface area contributed by atoms with Crippen LogP contribution in [0.2, 0.25) is 0 Å². The molecule has 0 unspecified atom stereocenters. The Hall–Kier alpha value is -2.67. The zero-order valence-electron chi connectivity index (χ0n) is 17.7. The fourth-order valence-electron chi connectivity index (χ4n) is 4.37. The van der Waals surface area contributed by atoms with E-state index in [-0.39, 0.29) is 18.5 Å². The lowest BCUT2D eigenvalue weighted by Gasteiger charge is -2.23. The number of nitrogens with zero attached hydrogens (tertiary/aromatic N) is 1. The van der Waals surface area contributed by atoms with Gasteiger partial charge in [-0.05, 0) is 73.9 Å². The summed E-state index contributed by atoms with van der Waals surface area (Å²) in [6, 6.07) is 12.8. The van der Waals surface area contributed by atoms with Gasteiger partial charge in [-0.15, -0.1) is 0 Å². The molecule has 162 valence electrons. The number of hydrogen-bond donors (Lipinski definition) is 2. The van der Waals surface area contributed by atoms with Gasteiger partial charge in [-0.3, -0.25) is 14.5 Å². The van der Waals surface area contributed by atoms with Crippen LogP contribution in [0.25, 0.3) is 0 Å². The highest BCUT2D eigenvalue weighted by atomic mass is 79.9. The van der Waals surface area contributed by atoms with Gasteiger partial charge < -0.3 is 10.6 Å². The van der Waals surface area contributed by atoms with E-state index >= 15 is 0 Å². The molecule has 2 N–H and O–H groups in total. The maximum Gasteiger partial charge on any atom is 0.325 e. The Morgan fingerprint density at radius 3 is 2.65 bits per heavy atom. The smallest absolute Gasteiger partial charge is 0.325 e. The standard InChI is InChI=1S/C24H26BrN3O3/c1-15(17-11-10-16-6-3-4-7-18(16)12-17)26-21(29)14-28-22(30)24(2,27-23(28)31)19-8-5-9-20(25)13-19/h5,8-13,15H,3-4,6-7,14H2,1-2H3,(H,26,29)(H,27,31)/t15-,24+/m0/s1. The molecule has 2 aliphatic rings. The maximum absolute atomic E-state index is 13.0. The molecule has 4 rings (SSSR count). The number of benzene rings is 2. The molecule has 1 aliphatic carbocycles. The highest BCUT2D eigenvalue weighted by Crippen LogP contribution is 2.30. The van der Waals surface area contributed by atoms with Crippen molar-refractivity contribution >= 4 is 33.8 Å². The molecule has 31 heavy (non-hydrogen) atoms. The summed E-state index contributed by atoms with van der Waals surface area (Å²) in [5.41, 5.74) is 3.23. The van der Waals surface area contributed by atoms with Crippen molar-refractivity contribution in [1.29, 1.82) is 0 Å². The fraction of sp³-hybridized carbons (Fsp3) is 0.375. The number of aryl methyl sites for hydroxylation is 2. The molecule has 0 bridgehead atoms. The second-order valence-electron chi connectivity index (χ2n) is 8.48. The van der Waals surface area contributed by atoms with Crippen LogP contribution in [0.4, 0.5) is 4.79 Å². The van der Waals surface area contributed by atoms with E-state index in [1.54, 1.807) is 25.1 Å². The van der Waals surface area contributed by atoms with Crippen molar-refractivity contribution in [1.82, 2.24) is 15.5 Å². The van der Waals surface area contributed by atoms with E-state index in [1.807, 2.05) is 19.1 Å². The van der Waals surface area contributed by atoms with Gasteiger partial charge in [0.05, 0.1) is 6.04 Å². The number of nitrogens with one attached hydrogen (secondary N) is 2. The van der Waals surface area contributed by atoms with Gasteiger partial charge in [0.15, 0.2) is 0 Å². The van der Waals surface area contributed by atoms with Crippen molar-refractivity contribution < 1.29 is 14.4 Å². The van der Waals surface area contributed by atoms with Crippen molar-refractivity contribution in [3.63, 3.8) is 0 Å². The van der Waals surface area contributed by atoms with Crippen LogP contribution < -0.4 is 10.6 Å². The number of rotatable bonds is 5. The molecule has 7 heteroatoms. The minimum Gasteiger partial charge on any atom is -0.348 e. The number of carbonyl (C=O) groups excluding carboxylic acids is 3. The maximum atomic E-state index is 13.0. The highest BCUT2D eigenvalue weighted by molar-refractivity contribution is 9.10. The summed E-state index contributed by atoms with van der Waals surface area (Å²) >= 11 is 3.39. The first-order valence-corrected chi connectivity index (χ1v) is 11.4. The van der Waals surface area contributed by atoms with Crippen molar-refractivity contribution in [3.8, 4) is 0 Å². The molecule has 1 heterocycles. The van der Waals surface area contributed by atoms with E-state index in [2.05, 4.69) is 38.7 Å². The first-order valence-electron chi connectivity index (χ1n) is 10.6. The first kappa shape index (κ1) is 21.6. The molecule has 0 aromatic heterocycles. The largest absolute Gasteiger partial charge is 0.348 e. The quantitative estimate of drug-likeness (QED) is 0.631. The van der Waals surface area contributed by atoms with Crippen LogP contribution in [0.15, 0.2) is 46.9 Å². The predicted molar refractivity (Wildman–Crippen MR) is 121 cm³/mol. The average molecular weight is 484 g/mol. The minimum absolute atomic E-state index is 0.211. The van der Waals surface area contributed by atoms with Crippen LogP contribution in [-0.2, 0) is 28.0 Å². The number of urea groups is 1. The van der Waals surface area contributed by atoms with Crippen LogP contribution in [0.3, 0.4) is 0 Å². The molecule has 1 saturated heterocycles. The third kappa shape index (κ3) is 4.24. The Kier molecular flexibility index (Phi) is 5.88. The normalized spacial score (nSPS) is 21.5. The third-order valence-corrected chi connectivity index (χ3v) is 6.72. The Balaban J connectivity index is 1.43. The van der Waals surface area contributed by atoms with Crippen molar-refractivity contribution in [3.05, 3.63) is 69.2 Å². The lowest BCUT2D eigenvalue weighted by Crippen LogP contribution is -2.43. The Morgan fingerprint density at radius 1 is 1.16 bits per heavy atom. The third-order valence-electron chi connectivity index (χ3n) is 6.23. The van der Waals surface area contributed by atoms with Gasteiger partial charge in [0, 0.05) is 4.47 Å². The first-order chi connectivity index (χ1) is 14.8. The van der Waals surface area contributed by atoms with E-state index in [0.717, 1.165) is 27.8 Å². The minimum atomic E-state index is -1.20. The molecule has 6 nitrogen and oxygen atoms in total. The van der Waals surface area contributed by atoms with Crippen molar-refractivity contribution in [2.24, 2.45) is 0 Å². The van der Waals surface area contributed by atoms with E-state index in [1.165, 1.54) is 24.0 Å². The van der Waals surface area contributed by atoms with Gasteiger partial charge in [0.2, 0.25) is 5.91 Å². The molecule has 1 aliphatic heterocycles. The molecular formula is C24H26BrN3O3. The number of halogens is 1. The summed E-state index contributed by atoms with van der Waals surface area (Å²) in [7, 11) is 0. The molecular weight excluding hydrogens is 458 g/mol. The van der Waals surface area contributed by atoms with Crippen molar-refractivity contribution in [2.45, 2.75) is 51.1 Å².